The van der Waals surface area contributed by atoms with Gasteiger partial charge >= 0.3 is 0 Å². The molecule has 0 radical (unpaired) electrons. The van der Waals surface area contributed by atoms with Gasteiger partial charge in [-0.05, 0) is 13.7 Å². The molecule has 8 heavy (non-hydrogen) atoms. The van der Waals surface area contributed by atoms with Crippen LogP contribution in [0.2, 0.25) is 0 Å². The molecule has 50 valence electrons. The van der Waals surface area contributed by atoms with Gasteiger partial charge in [0.15, 0.2) is 0 Å². The van der Waals surface area contributed by atoms with Gasteiger partial charge in [0.2, 0.25) is 0 Å². The van der Waals surface area contributed by atoms with Crippen molar-refractivity contribution in [3.63, 3.8) is 0 Å². The van der Waals surface area contributed by atoms with Crippen LogP contribution in [-0.2, 0) is 14.3 Å². The van der Waals surface area contributed by atoms with E-state index in [1.165, 1.54) is 0 Å². The van der Waals surface area contributed by atoms with Crippen molar-refractivity contribution in [2.75, 3.05) is 6.26 Å². The van der Waals surface area contributed by atoms with Gasteiger partial charge in [0.05, 0.1) is 13.7 Å². The summed E-state index contributed by atoms with van der Waals surface area (Å²) in [6.45, 7) is -6.80. The van der Waals surface area contributed by atoms with Crippen molar-refractivity contribution in [2.24, 2.45) is 0 Å². The van der Waals surface area contributed by atoms with Gasteiger partial charge < -0.3 is 0 Å². The van der Waals surface area contributed by atoms with Crippen molar-refractivity contribution in [1.29, 1.82) is 0 Å². The van der Waals surface area contributed by atoms with Gasteiger partial charge in [-0.3, -0.25) is 4.18 Å². The predicted octanol–water partition coefficient (Wildman–Crippen LogP) is 0.371. The van der Waals surface area contributed by atoms with Crippen LogP contribution in [0.4, 0.5) is 0 Å². The third-order valence-electron chi connectivity index (χ3n) is 0.235. The van der Waals surface area contributed by atoms with E-state index in [0.29, 0.717) is 6.26 Å². The molecule has 0 aromatic carbocycles. The largest absolute Gasteiger partial charge is 0.268 e. The van der Waals surface area contributed by atoms with Crippen molar-refractivity contribution < 1.29 is 22.2 Å². The van der Waals surface area contributed by atoms with E-state index in [2.05, 4.69) is 4.18 Å². The summed E-state index contributed by atoms with van der Waals surface area (Å²) in [7, 11) is -4.36. The van der Waals surface area contributed by atoms with Crippen molar-refractivity contribution in [2.45, 2.75) is 19.8 Å². The van der Waals surface area contributed by atoms with E-state index in [1.54, 1.807) is 0 Å². The molecule has 0 N–H and O–H groups in total. The van der Waals surface area contributed by atoms with Crippen LogP contribution < -0.4 is 0 Å². The SMILES string of the molecule is [2H]C([2H])([2H])C([2H])(OS(C)(=O)=O)C([2H])([2H])[2H]. The van der Waals surface area contributed by atoms with Gasteiger partial charge in [-0.1, -0.05) is 0 Å². The van der Waals surface area contributed by atoms with Gasteiger partial charge in [0.25, 0.3) is 10.1 Å². The second-order valence-electron chi connectivity index (χ2n) is 1.12. The monoisotopic (exact) mass is 145 g/mol. The first-order valence-electron chi connectivity index (χ1n) is 5.11. The van der Waals surface area contributed by atoms with Crippen LogP contribution >= 0.6 is 0 Å². The molecule has 0 saturated heterocycles. The maximum absolute atomic E-state index is 10.7. The Labute approximate surface area is 59.6 Å². The summed E-state index contributed by atoms with van der Waals surface area (Å²) in [6, 6.07) is 0. The van der Waals surface area contributed by atoms with Crippen LogP contribution in [0.1, 0.15) is 23.3 Å². The van der Waals surface area contributed by atoms with Crippen molar-refractivity contribution in [3.8, 4) is 0 Å². The molecule has 0 bridgehead atoms. The first kappa shape index (κ1) is 1.95. The number of hydrogen-bond acceptors (Lipinski definition) is 3. The average Bonchev–Trinajstić information content (AvgIpc) is 1.77. The molecule has 3 nitrogen and oxygen atoms in total. The summed E-state index contributed by atoms with van der Waals surface area (Å²) in [5.74, 6) is 0. The van der Waals surface area contributed by atoms with E-state index in [1.807, 2.05) is 0 Å². The topological polar surface area (TPSA) is 43.4 Å². The van der Waals surface area contributed by atoms with Crippen LogP contribution in [0.5, 0.6) is 0 Å². The van der Waals surface area contributed by atoms with Crippen LogP contribution in [0.3, 0.4) is 0 Å². The molecule has 0 atom stereocenters. The summed E-state index contributed by atoms with van der Waals surface area (Å²) in [4.78, 5) is 0. The normalized spacial score (nSPS) is 29.9. The molecule has 0 aliphatic rings. The lowest BCUT2D eigenvalue weighted by Gasteiger charge is -2.01. The molecule has 0 unspecified atom stereocenters. The molecular weight excluding hydrogens is 128 g/mol. The molecule has 0 aliphatic carbocycles. The number of rotatable bonds is 2. The minimum absolute atomic E-state index is 0.480. The fourth-order valence-electron chi connectivity index (χ4n) is 0.151. The van der Waals surface area contributed by atoms with Crippen molar-refractivity contribution in [3.05, 3.63) is 0 Å². The molecule has 0 rings (SSSR count). The molecule has 0 aromatic heterocycles. The van der Waals surface area contributed by atoms with Gasteiger partial charge in [0.1, 0.15) is 0 Å². The zero-order valence-electron chi connectivity index (χ0n) is 11.1. The Kier molecular flexibility index (Phi) is 0.600. The summed E-state index contributed by atoms with van der Waals surface area (Å²) in [5.41, 5.74) is 0. The van der Waals surface area contributed by atoms with E-state index in [9.17, 15) is 8.42 Å². The molecular formula is C4H10O3S. The highest BCUT2D eigenvalue weighted by atomic mass is 32.2. The number of hydrogen-bond donors (Lipinski definition) is 0. The predicted molar refractivity (Wildman–Crippen MR) is 31.1 cm³/mol. The maximum Gasteiger partial charge on any atom is 0.264 e. The molecule has 0 spiro atoms. The van der Waals surface area contributed by atoms with E-state index in [0.717, 1.165) is 0 Å². The lowest BCUT2D eigenvalue weighted by molar-refractivity contribution is 0.251. The fourth-order valence-corrected chi connectivity index (χ4v) is 0.454. The van der Waals surface area contributed by atoms with Gasteiger partial charge in [-0.25, -0.2) is 0 Å². The Hall–Kier alpha value is -0.0900. The Morgan fingerprint density at radius 3 is 2.38 bits per heavy atom. The van der Waals surface area contributed by atoms with Crippen molar-refractivity contribution in [1.82, 2.24) is 0 Å². The van der Waals surface area contributed by atoms with E-state index in [4.69, 9.17) is 9.60 Å². The standard InChI is InChI=1S/C4H10O3S/c1-4(2)7-8(3,5)6/h4H,1-3H3/i1D3,2D3,4D. The van der Waals surface area contributed by atoms with Gasteiger partial charge in [-0.2, -0.15) is 8.42 Å². The molecule has 0 heterocycles. The second kappa shape index (κ2) is 2.46. The highest BCUT2D eigenvalue weighted by Crippen LogP contribution is 1.92. The van der Waals surface area contributed by atoms with E-state index >= 15 is 0 Å². The summed E-state index contributed by atoms with van der Waals surface area (Å²) < 4.78 is 73.3. The van der Waals surface area contributed by atoms with Crippen LogP contribution in [-0.4, -0.2) is 20.8 Å². The van der Waals surface area contributed by atoms with E-state index < -0.39 is 29.9 Å². The Morgan fingerprint density at radius 2 is 2.25 bits per heavy atom. The van der Waals surface area contributed by atoms with Gasteiger partial charge in [-0.15, -0.1) is 0 Å². The molecule has 0 amide bonds. The fraction of sp³-hybridized carbons (Fsp3) is 1.00. The minimum Gasteiger partial charge on any atom is -0.268 e. The average molecular weight is 145 g/mol. The van der Waals surface area contributed by atoms with Crippen LogP contribution in [0, 0.1) is 0 Å². The molecule has 4 heteroatoms. The first-order valence-corrected chi connectivity index (χ1v) is 3.43. The van der Waals surface area contributed by atoms with Crippen LogP contribution in [0.25, 0.3) is 0 Å². The maximum atomic E-state index is 10.7. The summed E-state index contributed by atoms with van der Waals surface area (Å²) in [6.07, 6.45) is -3.00. The Balaban J connectivity index is 5.45. The van der Waals surface area contributed by atoms with Crippen LogP contribution in [0.15, 0.2) is 0 Å². The zero-order chi connectivity index (χ0) is 12.7. The molecule has 0 aliphatic heterocycles. The first-order chi connectivity index (χ1) is 6.21. The Bertz CT molecular complexity index is 311. The molecule has 0 aromatic rings. The summed E-state index contributed by atoms with van der Waals surface area (Å²) >= 11 is 0. The lowest BCUT2D eigenvalue weighted by atomic mass is 10.5. The quantitative estimate of drug-likeness (QED) is 0.527. The molecule has 0 fully saturated rings. The molecule has 0 saturated carbocycles. The Morgan fingerprint density at radius 1 is 1.75 bits per heavy atom. The summed E-state index contributed by atoms with van der Waals surface area (Å²) in [5, 5.41) is 0. The smallest absolute Gasteiger partial charge is 0.264 e. The minimum atomic E-state index is -4.36. The second-order valence-corrected chi connectivity index (χ2v) is 2.69. The highest BCUT2D eigenvalue weighted by Gasteiger charge is 2.02. The third kappa shape index (κ3) is 5.91. The van der Waals surface area contributed by atoms with E-state index in [-0.39, 0.29) is 0 Å². The highest BCUT2D eigenvalue weighted by molar-refractivity contribution is 7.86. The lowest BCUT2D eigenvalue weighted by Crippen LogP contribution is -2.09. The zero-order valence-corrected chi connectivity index (χ0v) is 4.95. The van der Waals surface area contributed by atoms with Gasteiger partial charge in [0, 0.05) is 8.22 Å². The third-order valence-corrected chi connectivity index (χ3v) is 0.704. The van der Waals surface area contributed by atoms with Crippen molar-refractivity contribution >= 4 is 10.1 Å².